The summed E-state index contributed by atoms with van der Waals surface area (Å²) < 4.78 is 6.41. The summed E-state index contributed by atoms with van der Waals surface area (Å²) in [5, 5.41) is 8.79. The number of thiazole rings is 1. The maximum absolute atomic E-state index is 5.28. The average Bonchev–Trinajstić information content (AvgIpc) is 3.24. The van der Waals surface area contributed by atoms with Crippen molar-refractivity contribution < 1.29 is 4.74 Å². The molecule has 0 atom stereocenters. The molecular formula is C21H24N4OS2. The number of ether oxygens (including phenoxy) is 1. The lowest BCUT2D eigenvalue weighted by Gasteiger charge is -2.09. The Hall–Kier alpha value is -2.25. The molecule has 1 aromatic heterocycles. The van der Waals surface area contributed by atoms with E-state index in [1.807, 2.05) is 18.2 Å². The highest BCUT2D eigenvalue weighted by Crippen LogP contribution is 2.29. The highest BCUT2D eigenvalue weighted by Gasteiger charge is 2.25. The molecule has 4 rings (SSSR count). The number of aliphatic imine (C=N–C) groups is 1. The van der Waals surface area contributed by atoms with E-state index < -0.39 is 0 Å². The number of aromatic nitrogens is 1. The van der Waals surface area contributed by atoms with Gasteiger partial charge in [-0.15, -0.1) is 0 Å². The van der Waals surface area contributed by atoms with E-state index in [4.69, 9.17) is 9.73 Å². The van der Waals surface area contributed by atoms with E-state index >= 15 is 0 Å². The summed E-state index contributed by atoms with van der Waals surface area (Å²) in [6.07, 6.45) is 0.947. The molecule has 0 spiro atoms. The molecule has 1 aliphatic rings. The minimum absolute atomic E-state index is 0.0321. The van der Waals surface area contributed by atoms with Crippen LogP contribution in [0, 0.1) is 0 Å². The van der Waals surface area contributed by atoms with Gasteiger partial charge in [0.25, 0.3) is 0 Å². The number of fused-ring (bicyclic) bond motifs is 1. The number of amidine groups is 1. The van der Waals surface area contributed by atoms with Crippen LogP contribution in [0.4, 0.5) is 10.8 Å². The molecule has 0 unspecified atom stereocenters. The van der Waals surface area contributed by atoms with Gasteiger partial charge in [0.05, 0.1) is 22.9 Å². The summed E-state index contributed by atoms with van der Waals surface area (Å²) in [5.74, 6) is 1.89. The van der Waals surface area contributed by atoms with Crippen LogP contribution in [-0.4, -0.2) is 35.1 Å². The first kappa shape index (κ1) is 19.1. The predicted molar refractivity (Wildman–Crippen MR) is 122 cm³/mol. The summed E-state index contributed by atoms with van der Waals surface area (Å²) >= 11 is 3.43. The van der Waals surface area contributed by atoms with Crippen LogP contribution in [0.25, 0.3) is 10.2 Å². The van der Waals surface area contributed by atoms with E-state index in [0.29, 0.717) is 0 Å². The number of hydrogen-bond acceptors (Lipinski definition) is 7. The molecule has 0 aliphatic carbocycles. The lowest BCUT2D eigenvalue weighted by Crippen LogP contribution is -2.15. The van der Waals surface area contributed by atoms with Crippen LogP contribution in [0.5, 0.6) is 5.75 Å². The van der Waals surface area contributed by atoms with Gasteiger partial charge in [0.15, 0.2) is 10.3 Å². The third-order valence-electron chi connectivity index (χ3n) is 4.46. The molecule has 7 heteroatoms. The van der Waals surface area contributed by atoms with Gasteiger partial charge in [-0.05, 0) is 56.2 Å². The third kappa shape index (κ3) is 4.59. The van der Waals surface area contributed by atoms with Gasteiger partial charge < -0.3 is 15.4 Å². The lowest BCUT2D eigenvalue weighted by molar-refractivity contribution is 0.415. The van der Waals surface area contributed by atoms with Crippen LogP contribution >= 0.6 is 23.1 Å². The van der Waals surface area contributed by atoms with Gasteiger partial charge in [-0.25, -0.2) is 4.98 Å². The molecule has 0 bridgehead atoms. The van der Waals surface area contributed by atoms with Crippen molar-refractivity contribution in [3.8, 4) is 5.75 Å². The molecule has 0 saturated heterocycles. The maximum Gasteiger partial charge on any atom is 0.183 e. The van der Waals surface area contributed by atoms with E-state index in [1.54, 1.807) is 30.2 Å². The molecule has 2 heterocycles. The molecule has 5 nitrogen and oxygen atoms in total. The van der Waals surface area contributed by atoms with Crippen molar-refractivity contribution in [2.45, 2.75) is 25.8 Å². The second kappa shape index (κ2) is 8.01. The van der Waals surface area contributed by atoms with Crippen molar-refractivity contribution in [2.75, 3.05) is 30.0 Å². The van der Waals surface area contributed by atoms with Gasteiger partial charge in [0.1, 0.15) is 5.75 Å². The van der Waals surface area contributed by atoms with Crippen molar-refractivity contribution in [1.29, 1.82) is 0 Å². The number of nitrogens with zero attached hydrogens (tertiary/aromatic N) is 2. The van der Waals surface area contributed by atoms with Crippen LogP contribution in [0.15, 0.2) is 47.5 Å². The zero-order chi connectivity index (χ0) is 19.6. The van der Waals surface area contributed by atoms with Crippen LogP contribution in [-0.2, 0) is 6.42 Å². The fourth-order valence-electron chi connectivity index (χ4n) is 2.95. The van der Waals surface area contributed by atoms with E-state index in [2.05, 4.69) is 53.7 Å². The molecule has 2 N–H and O–H groups in total. The van der Waals surface area contributed by atoms with E-state index in [9.17, 15) is 0 Å². The SMILES string of the molecule is COc1ccc2nc(NCCc3ccc(NC4=NC(C)(C)CS4)cc3)sc2c1. The Balaban J connectivity index is 1.30. The molecule has 3 aromatic rings. The normalized spacial score (nSPS) is 15.5. The van der Waals surface area contributed by atoms with Gasteiger partial charge in [-0.2, -0.15) is 0 Å². The Bertz CT molecular complexity index is 995. The van der Waals surface area contributed by atoms with Crippen LogP contribution in [0.3, 0.4) is 0 Å². The van der Waals surface area contributed by atoms with Gasteiger partial charge in [0, 0.05) is 18.0 Å². The van der Waals surface area contributed by atoms with Crippen molar-refractivity contribution in [3.63, 3.8) is 0 Å². The molecular weight excluding hydrogens is 388 g/mol. The highest BCUT2D eigenvalue weighted by atomic mass is 32.2. The third-order valence-corrected chi connectivity index (χ3v) is 6.75. The highest BCUT2D eigenvalue weighted by molar-refractivity contribution is 8.14. The number of hydrogen-bond donors (Lipinski definition) is 2. The Morgan fingerprint density at radius 1 is 1.14 bits per heavy atom. The summed E-state index contributed by atoms with van der Waals surface area (Å²) in [6.45, 7) is 5.17. The molecule has 0 fully saturated rings. The van der Waals surface area contributed by atoms with E-state index in [-0.39, 0.29) is 5.54 Å². The van der Waals surface area contributed by atoms with E-state index in [1.165, 1.54) is 5.56 Å². The minimum atomic E-state index is 0.0321. The first-order valence-electron chi connectivity index (χ1n) is 9.28. The first-order valence-corrected chi connectivity index (χ1v) is 11.1. The van der Waals surface area contributed by atoms with Gasteiger partial charge in [-0.1, -0.05) is 35.2 Å². The minimum Gasteiger partial charge on any atom is -0.497 e. The van der Waals surface area contributed by atoms with Crippen molar-refractivity contribution in [1.82, 2.24) is 4.98 Å². The number of anilines is 2. The summed E-state index contributed by atoms with van der Waals surface area (Å²) in [5.41, 5.74) is 3.41. The molecule has 28 heavy (non-hydrogen) atoms. The second-order valence-electron chi connectivity index (χ2n) is 7.37. The average molecular weight is 413 g/mol. The molecule has 146 valence electrons. The first-order chi connectivity index (χ1) is 13.5. The maximum atomic E-state index is 5.28. The molecule has 2 aromatic carbocycles. The van der Waals surface area contributed by atoms with Crippen LogP contribution < -0.4 is 15.4 Å². The second-order valence-corrected chi connectivity index (χ2v) is 9.36. The zero-order valence-electron chi connectivity index (χ0n) is 16.3. The van der Waals surface area contributed by atoms with E-state index in [0.717, 1.165) is 50.7 Å². The van der Waals surface area contributed by atoms with Gasteiger partial charge in [-0.3, -0.25) is 4.99 Å². The Morgan fingerprint density at radius 2 is 1.96 bits per heavy atom. The van der Waals surface area contributed by atoms with Gasteiger partial charge >= 0.3 is 0 Å². The molecule has 1 aliphatic heterocycles. The number of rotatable bonds is 6. The Morgan fingerprint density at radius 3 is 2.68 bits per heavy atom. The summed E-state index contributed by atoms with van der Waals surface area (Å²) in [7, 11) is 1.68. The summed E-state index contributed by atoms with van der Waals surface area (Å²) in [4.78, 5) is 9.32. The fraction of sp³-hybridized carbons (Fsp3) is 0.333. The number of thioether (sulfide) groups is 1. The monoisotopic (exact) mass is 412 g/mol. The predicted octanol–water partition coefficient (Wildman–Crippen LogP) is 5.25. The fourth-order valence-corrected chi connectivity index (χ4v) is 4.92. The Labute approximate surface area is 173 Å². The Kier molecular flexibility index (Phi) is 5.46. The number of methoxy groups -OCH3 is 1. The number of nitrogens with one attached hydrogen (secondary N) is 2. The lowest BCUT2D eigenvalue weighted by atomic mass is 10.1. The largest absolute Gasteiger partial charge is 0.497 e. The zero-order valence-corrected chi connectivity index (χ0v) is 17.9. The molecule has 0 saturated carbocycles. The topological polar surface area (TPSA) is 58.5 Å². The van der Waals surface area contributed by atoms with Crippen molar-refractivity contribution in [2.24, 2.45) is 4.99 Å². The van der Waals surface area contributed by atoms with Crippen molar-refractivity contribution in [3.05, 3.63) is 48.0 Å². The van der Waals surface area contributed by atoms with Crippen molar-refractivity contribution >= 4 is 49.3 Å². The van der Waals surface area contributed by atoms with Gasteiger partial charge in [0.2, 0.25) is 0 Å². The smallest absolute Gasteiger partial charge is 0.183 e. The van der Waals surface area contributed by atoms with Crippen LogP contribution in [0.2, 0.25) is 0 Å². The van der Waals surface area contributed by atoms with Crippen LogP contribution in [0.1, 0.15) is 19.4 Å². The summed E-state index contributed by atoms with van der Waals surface area (Å²) in [6, 6.07) is 14.5. The molecule has 0 amide bonds. The quantitative estimate of drug-likeness (QED) is 0.579. The standard InChI is InChI=1S/C21H24N4OS2/c1-21(2)13-27-20(25-21)23-15-6-4-14(5-7-15)10-11-22-19-24-17-9-8-16(26-3)12-18(17)28-19/h4-9,12H,10-11,13H2,1-3H3,(H,22,24)(H,23,25). The molecule has 0 radical (unpaired) electrons. The number of benzene rings is 2.